The van der Waals surface area contributed by atoms with Gasteiger partial charge in [0.05, 0.1) is 67.7 Å². The minimum absolute atomic E-state index is 0.0231. The summed E-state index contributed by atoms with van der Waals surface area (Å²) in [5, 5.41) is 32.0. The van der Waals surface area contributed by atoms with Gasteiger partial charge in [-0.1, -0.05) is 41.5 Å². The molecule has 0 aromatic heterocycles. The summed E-state index contributed by atoms with van der Waals surface area (Å²) in [4.78, 5) is 118. The second-order valence-corrected chi connectivity index (χ2v) is 39.1. The summed E-state index contributed by atoms with van der Waals surface area (Å²) < 4.78 is 76.5. The van der Waals surface area contributed by atoms with Crippen LogP contribution in [-0.4, -0.2) is 189 Å². The van der Waals surface area contributed by atoms with Crippen molar-refractivity contribution >= 4 is 59.7 Å². The van der Waals surface area contributed by atoms with Gasteiger partial charge in [0.2, 0.25) is 12.2 Å². The molecule has 18 unspecified atom stereocenters. The Balaban J connectivity index is 0.000000141. The molecule has 0 amide bonds. The number of ether oxygens (including phenoxy) is 14. The van der Waals surface area contributed by atoms with Crippen molar-refractivity contribution in [2.24, 2.45) is 62.1 Å². The average Bonchev–Trinajstić information content (AvgIpc) is 1.21. The van der Waals surface area contributed by atoms with E-state index in [2.05, 4.69) is 0 Å². The van der Waals surface area contributed by atoms with Crippen molar-refractivity contribution in [3.63, 3.8) is 0 Å². The van der Waals surface area contributed by atoms with Gasteiger partial charge in [-0.05, 0) is 230 Å². The van der Waals surface area contributed by atoms with E-state index >= 15 is 0 Å². The van der Waals surface area contributed by atoms with Crippen molar-refractivity contribution in [3.05, 3.63) is 0 Å². The van der Waals surface area contributed by atoms with Crippen LogP contribution in [0.3, 0.4) is 0 Å². The van der Waals surface area contributed by atoms with Gasteiger partial charge in [0, 0.05) is 31.6 Å². The standard InChI is InChI=1S/C16H26O4.C16H26O3.C15H22O7.C13H18O5.C13H20O4.C10H16O4/c1-4-13(2,3)12(17)20-16-7-11-5-14(18,9-16)8-15(19,6-11)10-16;1-4-14(2,3)13(17)19-16-8-11-5-12(9-16)7-15(18,6-11)10-16;1-6-14(2,3)13(17)20-9-7-8(18-11(9)16)10-12(19-7)22-15(4,5)21-10;1-4-13(2,3)12(15)18-9-7-5-6-8(16-7)10(9)17-11(6)14;1-4-13(2,3)12(15)17-10-8-6-5-7-9(8)16-11(10)14;1-4-10(2,3)9(12)14-7-5-8(11)13-6-7/h11,18-19H,4-10H2,1-3H3;11-12,18H,4-10H2,1-3H3;7-10,12H,6H2,1-5H3;6-10H,4-5H2,1-3H3;8-10H,4-7H2,1-3H3;7H,4-6H2,1-3H3. The molecule has 0 aromatic carbocycles. The molecule has 27 nitrogen and oxygen atoms in total. The zero-order chi connectivity index (χ0) is 81.5. The predicted molar refractivity (Wildman–Crippen MR) is 390 cm³/mol. The molecule has 27 heteroatoms. The maximum absolute atomic E-state index is 12.4. The molecule has 9 saturated carbocycles. The highest BCUT2D eigenvalue weighted by Gasteiger charge is 2.68. The fourth-order valence-corrected chi connectivity index (χ4v) is 18.5. The summed E-state index contributed by atoms with van der Waals surface area (Å²) >= 11 is 0. The van der Waals surface area contributed by atoms with Gasteiger partial charge in [-0.2, -0.15) is 0 Å². The SMILES string of the molecule is CCC(C)(C)C(=O)OC12CC3CC(CC(O)(C3)C1)C2.CCC(C)(C)C(=O)OC12CC3CC(O)(CC(O)(C3)C1)C2.CCC(C)(C)C(=O)OC1C(=O)OC2C3OC(C)(C)OC3OC12.CCC(C)(C)C(=O)OC1C(=O)OC2CCCC21.CCC(C)(C)C(=O)OC1C2CC3C(=O)OC1C3O2.CCC(C)(C)C(=O)OC1COC(=O)C1. The van der Waals surface area contributed by atoms with E-state index in [0.717, 1.165) is 77.0 Å². The molecule has 0 spiro atoms. The first-order valence-corrected chi connectivity index (χ1v) is 40.8. The summed E-state index contributed by atoms with van der Waals surface area (Å²) in [7, 11) is 0. The molecule has 8 aliphatic heterocycles. The van der Waals surface area contributed by atoms with Gasteiger partial charge < -0.3 is 81.6 Å². The van der Waals surface area contributed by atoms with Gasteiger partial charge in [-0.3, -0.25) is 38.4 Å². The van der Waals surface area contributed by atoms with Crippen LogP contribution in [0.25, 0.3) is 0 Å². The second-order valence-electron chi connectivity index (χ2n) is 39.1. The highest BCUT2D eigenvalue weighted by atomic mass is 16.9. The van der Waals surface area contributed by atoms with E-state index in [1.54, 1.807) is 27.7 Å². The maximum Gasteiger partial charge on any atom is 0.350 e. The van der Waals surface area contributed by atoms with Gasteiger partial charge >= 0.3 is 59.7 Å². The molecule has 8 heterocycles. The molecule has 17 rings (SSSR count). The number of carbonyl (C=O) groups is 10. The van der Waals surface area contributed by atoms with E-state index in [1.807, 2.05) is 111 Å². The summed E-state index contributed by atoms with van der Waals surface area (Å²) in [6.45, 7) is 37.7. The molecule has 17 fully saturated rings. The molecule has 18 atom stereocenters. The van der Waals surface area contributed by atoms with Crippen LogP contribution in [0, 0.1) is 62.1 Å². The Labute approximate surface area is 648 Å². The van der Waals surface area contributed by atoms with Crippen molar-refractivity contribution in [2.45, 2.75) is 393 Å². The lowest BCUT2D eigenvalue weighted by atomic mass is 9.50. The van der Waals surface area contributed by atoms with Crippen LogP contribution in [0.5, 0.6) is 0 Å². The quantitative estimate of drug-likeness (QED) is 0.0847. The normalized spacial score (nSPS) is 38.5. The minimum atomic E-state index is -1.07. The Bertz CT molecular complexity index is 3420. The number of cyclic esters (lactones) is 1. The van der Waals surface area contributed by atoms with E-state index in [-0.39, 0.29) is 109 Å². The number of fused-ring (bicyclic) bond motifs is 5. The number of rotatable bonds is 18. The van der Waals surface area contributed by atoms with Crippen LogP contribution < -0.4 is 0 Å². The van der Waals surface area contributed by atoms with Gasteiger partial charge in [-0.25, -0.2) is 9.59 Å². The Morgan fingerprint density at radius 1 is 0.436 bits per heavy atom. The number of hydrogen-bond donors (Lipinski definition) is 3. The molecular weight excluding hydrogens is 1430 g/mol. The Morgan fingerprint density at radius 3 is 1.39 bits per heavy atom. The third kappa shape index (κ3) is 18.5. The summed E-state index contributed by atoms with van der Waals surface area (Å²) in [6, 6.07) is 0. The van der Waals surface area contributed by atoms with Crippen molar-refractivity contribution in [2.75, 3.05) is 6.61 Å². The third-order valence-electron chi connectivity index (χ3n) is 27.0. The Morgan fingerprint density at radius 2 is 0.891 bits per heavy atom. The first-order chi connectivity index (χ1) is 50.8. The van der Waals surface area contributed by atoms with Gasteiger partial charge in [0.25, 0.3) is 0 Å². The van der Waals surface area contributed by atoms with Crippen molar-refractivity contribution < 1.29 is 130 Å². The van der Waals surface area contributed by atoms with Crippen LogP contribution in [0.1, 0.15) is 286 Å². The summed E-state index contributed by atoms with van der Waals surface area (Å²) in [6.07, 6.45) is 11.5. The van der Waals surface area contributed by atoms with Crippen LogP contribution in [-0.2, 0) is 114 Å². The lowest BCUT2D eigenvalue weighted by Gasteiger charge is -2.62. The third-order valence-corrected chi connectivity index (χ3v) is 27.0. The molecule has 8 saturated heterocycles. The van der Waals surface area contributed by atoms with E-state index in [9.17, 15) is 63.3 Å². The molecule has 0 aromatic rings. The monoisotopic (exact) mass is 1560 g/mol. The Kier molecular flexibility index (Phi) is 24.9. The van der Waals surface area contributed by atoms with Crippen LogP contribution in [0.15, 0.2) is 0 Å². The predicted octanol–water partition coefficient (Wildman–Crippen LogP) is 10.7. The summed E-state index contributed by atoms with van der Waals surface area (Å²) in [5.41, 5.74) is -6.35. The smallest absolute Gasteiger partial charge is 0.350 e. The highest BCUT2D eigenvalue weighted by molar-refractivity contribution is 5.85. The van der Waals surface area contributed by atoms with Gasteiger partial charge in [0.15, 0.2) is 36.5 Å². The topological polar surface area (TPSA) is 361 Å². The molecule has 3 N–H and O–H groups in total. The number of esters is 10. The maximum atomic E-state index is 12.4. The molecular formula is C83H128O27. The van der Waals surface area contributed by atoms with Crippen molar-refractivity contribution in [3.8, 4) is 0 Å². The van der Waals surface area contributed by atoms with Crippen molar-refractivity contribution in [1.82, 2.24) is 0 Å². The van der Waals surface area contributed by atoms with Crippen LogP contribution >= 0.6 is 0 Å². The molecule has 9 aliphatic carbocycles. The number of aliphatic hydroxyl groups is 3. The largest absolute Gasteiger partial charge is 0.462 e. The lowest BCUT2D eigenvalue weighted by molar-refractivity contribution is -0.264. The number of carbonyl (C=O) groups excluding carboxylic acids is 10. The summed E-state index contributed by atoms with van der Waals surface area (Å²) in [5.74, 6) is -2.44. The average molecular weight is 1560 g/mol. The molecule has 17 aliphatic rings. The van der Waals surface area contributed by atoms with E-state index in [1.165, 1.54) is 6.42 Å². The van der Waals surface area contributed by atoms with Gasteiger partial charge in [0.1, 0.15) is 42.2 Å². The second kappa shape index (κ2) is 31.6. The first-order valence-electron chi connectivity index (χ1n) is 40.8. The molecule has 622 valence electrons. The van der Waals surface area contributed by atoms with Crippen LogP contribution in [0.2, 0.25) is 0 Å². The zero-order valence-corrected chi connectivity index (χ0v) is 68.9. The van der Waals surface area contributed by atoms with Gasteiger partial charge in [-0.15, -0.1) is 0 Å². The first kappa shape index (κ1) is 86.8. The van der Waals surface area contributed by atoms with E-state index < -0.39 is 122 Å². The van der Waals surface area contributed by atoms with E-state index in [4.69, 9.17) is 66.3 Å². The molecule has 110 heavy (non-hydrogen) atoms. The van der Waals surface area contributed by atoms with Crippen LogP contribution in [0.4, 0.5) is 0 Å². The Hall–Kier alpha value is -5.58. The fourth-order valence-electron chi connectivity index (χ4n) is 18.5. The highest BCUT2D eigenvalue weighted by Crippen LogP contribution is 2.62. The minimum Gasteiger partial charge on any atom is -0.462 e. The zero-order valence-electron chi connectivity index (χ0n) is 68.9. The molecule has 0 radical (unpaired) electrons. The number of hydrogen-bond acceptors (Lipinski definition) is 27. The van der Waals surface area contributed by atoms with Crippen molar-refractivity contribution in [1.29, 1.82) is 0 Å². The van der Waals surface area contributed by atoms with E-state index in [0.29, 0.717) is 69.6 Å². The molecule has 10 bridgehead atoms. The lowest BCUT2D eigenvalue weighted by Crippen LogP contribution is -2.67. The fraction of sp³-hybridized carbons (Fsp3) is 0.880.